The van der Waals surface area contributed by atoms with Crippen LogP contribution in [-0.4, -0.2) is 0 Å². The van der Waals surface area contributed by atoms with Gasteiger partial charge in [-0.1, -0.05) is 19.3 Å². The van der Waals surface area contributed by atoms with Crippen molar-refractivity contribution in [2.75, 3.05) is 0 Å². The van der Waals surface area contributed by atoms with E-state index in [9.17, 15) is 0 Å². The Bertz CT molecular complexity index is 204. The maximum Gasteiger partial charge on any atom is 0.0364 e. The Hall–Kier alpha value is -0.880. The van der Waals surface area contributed by atoms with Crippen LogP contribution >= 0.6 is 0 Å². The molecule has 0 spiro atoms. The van der Waals surface area contributed by atoms with Crippen LogP contribution in [0.25, 0.3) is 0 Å². The van der Waals surface area contributed by atoms with E-state index < -0.39 is 0 Å². The smallest absolute Gasteiger partial charge is 0.0364 e. The first-order valence-electron chi connectivity index (χ1n) is 4.56. The average Bonchev–Trinajstić information content (AvgIpc) is 2.04. The predicted octanol–water partition coefficient (Wildman–Crippen LogP) is 3.23. The molecule has 0 saturated carbocycles. The molecule has 0 fully saturated rings. The highest BCUT2D eigenvalue weighted by molar-refractivity contribution is 5.10. The van der Waals surface area contributed by atoms with E-state index in [2.05, 4.69) is 24.7 Å². The van der Waals surface area contributed by atoms with Crippen molar-refractivity contribution in [3.8, 4) is 24.2 Å². The van der Waals surface area contributed by atoms with Crippen LogP contribution in [0.3, 0.4) is 0 Å². The van der Waals surface area contributed by atoms with Crippen molar-refractivity contribution in [3.05, 3.63) is 0 Å². The molecule has 0 aliphatic carbocycles. The number of hydrogen-bond acceptors (Lipinski definition) is 0. The molecular weight excluding hydrogens is 144 g/mol. The van der Waals surface area contributed by atoms with Gasteiger partial charge in [-0.2, -0.15) is 0 Å². The fourth-order valence-corrected chi connectivity index (χ4v) is 0.688. The lowest BCUT2D eigenvalue weighted by molar-refractivity contribution is 0.522. The number of hydrogen-bond donors (Lipinski definition) is 0. The molecule has 0 amide bonds. The third kappa shape index (κ3) is 5.87. The first-order chi connectivity index (χ1) is 5.62. The van der Waals surface area contributed by atoms with Gasteiger partial charge < -0.3 is 0 Å². The Morgan fingerprint density at radius 2 is 1.92 bits per heavy atom. The zero-order valence-corrected chi connectivity index (χ0v) is 8.41. The van der Waals surface area contributed by atoms with Gasteiger partial charge in [-0.3, -0.25) is 0 Å². The van der Waals surface area contributed by atoms with Gasteiger partial charge in [0.15, 0.2) is 0 Å². The van der Waals surface area contributed by atoms with Crippen molar-refractivity contribution in [3.63, 3.8) is 0 Å². The molecule has 0 aromatic carbocycles. The van der Waals surface area contributed by atoms with Crippen LogP contribution in [0.1, 0.15) is 46.5 Å². The molecule has 0 N–H and O–H groups in total. The first kappa shape index (κ1) is 11.1. The summed E-state index contributed by atoms with van der Waals surface area (Å²) in [5.41, 5.74) is -0.0563. The van der Waals surface area contributed by atoms with Crippen molar-refractivity contribution < 1.29 is 0 Å². The SMILES string of the molecule is C#CC(C)(C)CC#CCCCC. The lowest BCUT2D eigenvalue weighted by Crippen LogP contribution is -2.05. The molecule has 0 aromatic rings. The predicted molar refractivity (Wildman–Crippen MR) is 54.5 cm³/mol. The Balaban J connectivity index is 3.65. The van der Waals surface area contributed by atoms with Crippen molar-refractivity contribution >= 4 is 0 Å². The standard InChI is InChI=1S/C12H18/c1-5-7-8-9-10-11-12(3,4)6-2/h2H,5,7-8,11H2,1,3-4H3. The third-order valence-corrected chi connectivity index (χ3v) is 1.70. The van der Waals surface area contributed by atoms with Gasteiger partial charge >= 0.3 is 0 Å². The topological polar surface area (TPSA) is 0 Å². The summed E-state index contributed by atoms with van der Waals surface area (Å²) in [6.07, 6.45) is 9.57. The lowest BCUT2D eigenvalue weighted by atomic mass is 9.91. The molecule has 0 heteroatoms. The van der Waals surface area contributed by atoms with E-state index >= 15 is 0 Å². The fraction of sp³-hybridized carbons (Fsp3) is 0.667. The molecule has 0 saturated heterocycles. The van der Waals surface area contributed by atoms with E-state index in [-0.39, 0.29) is 5.41 Å². The second-order valence-corrected chi connectivity index (χ2v) is 3.66. The summed E-state index contributed by atoms with van der Waals surface area (Å²) in [5.74, 6) is 8.98. The summed E-state index contributed by atoms with van der Waals surface area (Å²) in [4.78, 5) is 0. The molecule has 0 nitrogen and oxygen atoms in total. The van der Waals surface area contributed by atoms with Crippen LogP contribution in [0.15, 0.2) is 0 Å². The Morgan fingerprint density at radius 1 is 1.25 bits per heavy atom. The van der Waals surface area contributed by atoms with E-state index in [0.717, 1.165) is 12.8 Å². The summed E-state index contributed by atoms with van der Waals surface area (Å²) in [7, 11) is 0. The van der Waals surface area contributed by atoms with E-state index in [1.54, 1.807) is 0 Å². The molecular formula is C12H18. The highest BCUT2D eigenvalue weighted by atomic mass is 14.1. The summed E-state index contributed by atoms with van der Waals surface area (Å²) in [6.45, 7) is 6.26. The van der Waals surface area contributed by atoms with Gasteiger partial charge in [0.25, 0.3) is 0 Å². The normalized spacial score (nSPS) is 9.83. The number of terminal acetylenes is 1. The maximum absolute atomic E-state index is 5.33. The second-order valence-electron chi connectivity index (χ2n) is 3.66. The van der Waals surface area contributed by atoms with Crippen LogP contribution in [0.5, 0.6) is 0 Å². The zero-order valence-electron chi connectivity index (χ0n) is 8.41. The van der Waals surface area contributed by atoms with Crippen LogP contribution < -0.4 is 0 Å². The van der Waals surface area contributed by atoms with E-state index in [1.165, 1.54) is 12.8 Å². The second kappa shape index (κ2) is 5.73. The van der Waals surface area contributed by atoms with Crippen molar-refractivity contribution in [1.29, 1.82) is 0 Å². The molecule has 12 heavy (non-hydrogen) atoms. The highest BCUT2D eigenvalue weighted by Crippen LogP contribution is 2.16. The summed E-state index contributed by atoms with van der Waals surface area (Å²) in [6, 6.07) is 0. The Morgan fingerprint density at radius 3 is 2.42 bits per heavy atom. The van der Waals surface area contributed by atoms with Gasteiger partial charge in [-0.05, 0) is 20.3 Å². The molecule has 0 aliphatic heterocycles. The van der Waals surface area contributed by atoms with Gasteiger partial charge in [0.2, 0.25) is 0 Å². The summed E-state index contributed by atoms with van der Waals surface area (Å²) >= 11 is 0. The third-order valence-electron chi connectivity index (χ3n) is 1.70. The van der Waals surface area contributed by atoms with Crippen LogP contribution in [0.2, 0.25) is 0 Å². The lowest BCUT2D eigenvalue weighted by Gasteiger charge is -2.11. The van der Waals surface area contributed by atoms with Gasteiger partial charge in [0, 0.05) is 18.3 Å². The van der Waals surface area contributed by atoms with Crippen LogP contribution in [0.4, 0.5) is 0 Å². The van der Waals surface area contributed by atoms with Crippen LogP contribution in [0, 0.1) is 29.6 Å². The zero-order chi connectivity index (χ0) is 9.45. The number of unbranched alkanes of at least 4 members (excludes halogenated alkanes) is 2. The maximum atomic E-state index is 5.33. The highest BCUT2D eigenvalue weighted by Gasteiger charge is 2.10. The van der Waals surface area contributed by atoms with Gasteiger partial charge in [-0.25, -0.2) is 0 Å². The molecule has 0 aliphatic rings. The van der Waals surface area contributed by atoms with Gasteiger partial charge in [0.05, 0.1) is 0 Å². The Kier molecular flexibility index (Phi) is 5.31. The van der Waals surface area contributed by atoms with Gasteiger partial charge in [0.1, 0.15) is 0 Å². The van der Waals surface area contributed by atoms with Crippen LogP contribution in [-0.2, 0) is 0 Å². The molecule has 0 unspecified atom stereocenters. The largest absolute Gasteiger partial charge is 0.120 e. The van der Waals surface area contributed by atoms with Crippen molar-refractivity contribution in [1.82, 2.24) is 0 Å². The molecule has 0 radical (unpaired) electrons. The Labute approximate surface area is 76.8 Å². The first-order valence-corrected chi connectivity index (χ1v) is 4.56. The number of rotatable bonds is 3. The molecule has 0 bridgehead atoms. The van der Waals surface area contributed by atoms with Gasteiger partial charge in [-0.15, -0.1) is 18.3 Å². The van der Waals surface area contributed by atoms with E-state index in [0.29, 0.717) is 0 Å². The van der Waals surface area contributed by atoms with E-state index in [4.69, 9.17) is 6.42 Å². The monoisotopic (exact) mass is 162 g/mol. The molecule has 0 rings (SSSR count). The minimum atomic E-state index is -0.0563. The van der Waals surface area contributed by atoms with Crippen molar-refractivity contribution in [2.24, 2.45) is 5.41 Å². The quantitative estimate of drug-likeness (QED) is 0.441. The average molecular weight is 162 g/mol. The minimum Gasteiger partial charge on any atom is -0.120 e. The summed E-state index contributed by atoms with van der Waals surface area (Å²) < 4.78 is 0. The summed E-state index contributed by atoms with van der Waals surface area (Å²) in [5, 5.41) is 0. The molecule has 0 aromatic heterocycles. The van der Waals surface area contributed by atoms with E-state index in [1.807, 2.05) is 13.8 Å². The van der Waals surface area contributed by atoms with Crippen molar-refractivity contribution in [2.45, 2.75) is 46.5 Å². The molecule has 66 valence electrons. The molecule has 0 heterocycles. The molecule has 0 atom stereocenters. The fourth-order valence-electron chi connectivity index (χ4n) is 0.688. The minimum absolute atomic E-state index is 0.0563.